The highest BCUT2D eigenvalue weighted by atomic mass is 16.5. The molecule has 1 atom stereocenters. The van der Waals surface area contributed by atoms with E-state index in [1.807, 2.05) is 19.1 Å². The summed E-state index contributed by atoms with van der Waals surface area (Å²) in [7, 11) is 0. The van der Waals surface area contributed by atoms with Crippen molar-refractivity contribution in [2.45, 2.75) is 52.6 Å². The molecule has 1 aromatic carbocycles. The number of phenols is 1. The maximum Gasteiger partial charge on any atom is 0.161 e. The molecule has 0 fully saturated rings. The Balaban J connectivity index is 2.88. The molecule has 0 aromatic heterocycles. The van der Waals surface area contributed by atoms with Crippen molar-refractivity contribution in [2.75, 3.05) is 19.7 Å². The number of benzene rings is 1. The van der Waals surface area contributed by atoms with Crippen LogP contribution in [0.2, 0.25) is 0 Å². The molecule has 0 saturated heterocycles. The van der Waals surface area contributed by atoms with Crippen LogP contribution < -0.4 is 10.5 Å². The van der Waals surface area contributed by atoms with Gasteiger partial charge in [0.05, 0.1) is 12.3 Å². The van der Waals surface area contributed by atoms with E-state index in [0.717, 1.165) is 37.9 Å². The SMILES string of the molecule is CCCN(CCC)C(C)(N)Cc1ccc(O)c(OCC)c1. The third kappa shape index (κ3) is 5.21. The van der Waals surface area contributed by atoms with Gasteiger partial charge in [-0.25, -0.2) is 0 Å². The fourth-order valence-electron chi connectivity index (χ4n) is 2.63. The van der Waals surface area contributed by atoms with Gasteiger partial charge in [0.1, 0.15) is 0 Å². The second-order valence-electron chi connectivity index (χ2n) is 5.76. The summed E-state index contributed by atoms with van der Waals surface area (Å²) in [6.45, 7) is 10.9. The first-order valence-electron chi connectivity index (χ1n) is 7.93. The van der Waals surface area contributed by atoms with Crippen molar-refractivity contribution in [1.29, 1.82) is 0 Å². The third-order valence-electron chi connectivity index (χ3n) is 3.60. The van der Waals surface area contributed by atoms with E-state index >= 15 is 0 Å². The van der Waals surface area contributed by atoms with Crippen molar-refractivity contribution in [1.82, 2.24) is 4.90 Å². The van der Waals surface area contributed by atoms with Crippen LogP contribution in [-0.2, 0) is 6.42 Å². The van der Waals surface area contributed by atoms with E-state index < -0.39 is 5.66 Å². The summed E-state index contributed by atoms with van der Waals surface area (Å²) in [5.41, 5.74) is 7.24. The number of hydrogen-bond donors (Lipinski definition) is 2. The zero-order valence-corrected chi connectivity index (χ0v) is 13.9. The highest BCUT2D eigenvalue weighted by molar-refractivity contribution is 5.42. The molecule has 1 unspecified atom stereocenters. The van der Waals surface area contributed by atoms with Gasteiger partial charge >= 0.3 is 0 Å². The first kappa shape index (κ1) is 17.8. The molecule has 4 heteroatoms. The number of nitrogens with zero attached hydrogens (tertiary/aromatic N) is 1. The number of aromatic hydroxyl groups is 1. The van der Waals surface area contributed by atoms with E-state index in [1.165, 1.54) is 0 Å². The Kier molecular flexibility index (Phi) is 6.99. The minimum absolute atomic E-state index is 0.179. The number of phenolic OH excluding ortho intramolecular Hbond substituents is 1. The molecule has 3 N–H and O–H groups in total. The standard InChI is InChI=1S/C17H30N2O2/c1-5-10-19(11-6-2)17(4,18)13-14-8-9-15(20)16(12-14)21-7-3/h8-9,12,20H,5-7,10-11,13,18H2,1-4H3. The summed E-state index contributed by atoms with van der Waals surface area (Å²) in [6.07, 6.45) is 2.91. The van der Waals surface area contributed by atoms with Gasteiger partial charge in [-0.05, 0) is 57.5 Å². The minimum Gasteiger partial charge on any atom is -0.504 e. The summed E-state index contributed by atoms with van der Waals surface area (Å²) in [5.74, 6) is 0.710. The largest absolute Gasteiger partial charge is 0.504 e. The van der Waals surface area contributed by atoms with E-state index in [0.29, 0.717) is 12.4 Å². The van der Waals surface area contributed by atoms with Crippen LogP contribution in [0.4, 0.5) is 0 Å². The lowest BCUT2D eigenvalue weighted by Gasteiger charge is -2.38. The van der Waals surface area contributed by atoms with Gasteiger partial charge in [-0.2, -0.15) is 0 Å². The van der Waals surface area contributed by atoms with Gasteiger partial charge in [-0.1, -0.05) is 19.9 Å². The molecule has 0 amide bonds. The van der Waals surface area contributed by atoms with Crippen molar-refractivity contribution in [3.05, 3.63) is 23.8 Å². The molecular weight excluding hydrogens is 264 g/mol. The van der Waals surface area contributed by atoms with Crippen molar-refractivity contribution in [3.8, 4) is 11.5 Å². The van der Waals surface area contributed by atoms with Crippen LogP contribution in [0.25, 0.3) is 0 Å². The number of nitrogens with two attached hydrogens (primary N) is 1. The molecule has 120 valence electrons. The molecule has 0 aliphatic heterocycles. The van der Waals surface area contributed by atoms with Gasteiger partial charge in [0.2, 0.25) is 0 Å². The fraction of sp³-hybridized carbons (Fsp3) is 0.647. The van der Waals surface area contributed by atoms with Gasteiger partial charge in [0.25, 0.3) is 0 Å². The Bertz CT molecular complexity index is 427. The van der Waals surface area contributed by atoms with Crippen LogP contribution in [0.3, 0.4) is 0 Å². The molecule has 0 saturated carbocycles. The smallest absolute Gasteiger partial charge is 0.161 e. The van der Waals surface area contributed by atoms with Gasteiger partial charge < -0.3 is 15.6 Å². The molecule has 0 heterocycles. The Morgan fingerprint density at radius 3 is 2.33 bits per heavy atom. The van der Waals surface area contributed by atoms with Crippen molar-refractivity contribution >= 4 is 0 Å². The maximum atomic E-state index is 9.78. The summed E-state index contributed by atoms with van der Waals surface area (Å²) >= 11 is 0. The zero-order chi connectivity index (χ0) is 15.9. The summed E-state index contributed by atoms with van der Waals surface area (Å²) in [5, 5.41) is 9.78. The molecule has 0 radical (unpaired) electrons. The van der Waals surface area contributed by atoms with Crippen LogP contribution in [-0.4, -0.2) is 35.4 Å². The lowest BCUT2D eigenvalue weighted by Crippen LogP contribution is -2.55. The molecule has 1 rings (SSSR count). The highest BCUT2D eigenvalue weighted by Crippen LogP contribution is 2.28. The summed E-state index contributed by atoms with van der Waals surface area (Å²) < 4.78 is 5.44. The molecular formula is C17H30N2O2. The molecule has 0 aliphatic carbocycles. The lowest BCUT2D eigenvalue weighted by molar-refractivity contribution is 0.108. The van der Waals surface area contributed by atoms with Crippen LogP contribution in [0, 0.1) is 0 Å². The van der Waals surface area contributed by atoms with Crippen molar-refractivity contribution in [2.24, 2.45) is 5.73 Å². The van der Waals surface area contributed by atoms with Crippen LogP contribution in [0.1, 0.15) is 46.1 Å². The highest BCUT2D eigenvalue weighted by Gasteiger charge is 2.26. The molecule has 0 aliphatic rings. The topological polar surface area (TPSA) is 58.7 Å². The second-order valence-corrected chi connectivity index (χ2v) is 5.76. The van der Waals surface area contributed by atoms with Crippen molar-refractivity contribution < 1.29 is 9.84 Å². The number of rotatable bonds is 9. The first-order valence-corrected chi connectivity index (χ1v) is 7.93. The van der Waals surface area contributed by atoms with E-state index in [2.05, 4.69) is 25.7 Å². The average Bonchev–Trinajstić information content (AvgIpc) is 2.42. The van der Waals surface area contributed by atoms with Crippen molar-refractivity contribution in [3.63, 3.8) is 0 Å². The quantitative estimate of drug-likeness (QED) is 0.687. The van der Waals surface area contributed by atoms with E-state index in [9.17, 15) is 5.11 Å². The zero-order valence-electron chi connectivity index (χ0n) is 13.9. The molecule has 21 heavy (non-hydrogen) atoms. The summed E-state index contributed by atoms with van der Waals surface area (Å²) in [6, 6.07) is 5.49. The van der Waals surface area contributed by atoms with E-state index in [1.54, 1.807) is 6.07 Å². The summed E-state index contributed by atoms with van der Waals surface area (Å²) in [4.78, 5) is 2.33. The monoisotopic (exact) mass is 294 g/mol. The van der Waals surface area contributed by atoms with Crippen LogP contribution in [0.15, 0.2) is 18.2 Å². The molecule has 0 bridgehead atoms. The predicted octanol–water partition coefficient (Wildman–Crippen LogP) is 3.13. The van der Waals surface area contributed by atoms with Gasteiger partial charge in [0.15, 0.2) is 11.5 Å². The van der Waals surface area contributed by atoms with Gasteiger partial charge in [-0.15, -0.1) is 0 Å². The fourth-order valence-corrected chi connectivity index (χ4v) is 2.63. The predicted molar refractivity (Wildman–Crippen MR) is 87.7 cm³/mol. The second kappa shape index (κ2) is 8.25. The Morgan fingerprint density at radius 2 is 1.81 bits per heavy atom. The van der Waals surface area contributed by atoms with Crippen LogP contribution in [0.5, 0.6) is 11.5 Å². The molecule has 4 nitrogen and oxygen atoms in total. The molecule has 0 spiro atoms. The number of hydrogen-bond acceptors (Lipinski definition) is 4. The van der Waals surface area contributed by atoms with Crippen LogP contribution >= 0.6 is 0 Å². The van der Waals surface area contributed by atoms with E-state index in [-0.39, 0.29) is 5.75 Å². The normalized spacial score (nSPS) is 14.2. The maximum absolute atomic E-state index is 9.78. The Labute approximate surface area is 128 Å². The molecule has 1 aromatic rings. The minimum atomic E-state index is -0.396. The average molecular weight is 294 g/mol. The Morgan fingerprint density at radius 1 is 1.19 bits per heavy atom. The Hall–Kier alpha value is -1.26. The first-order chi connectivity index (χ1) is 9.94. The van der Waals surface area contributed by atoms with Gasteiger partial charge in [0, 0.05) is 6.42 Å². The van der Waals surface area contributed by atoms with Gasteiger partial charge in [-0.3, -0.25) is 4.90 Å². The van der Waals surface area contributed by atoms with E-state index in [4.69, 9.17) is 10.5 Å². The lowest BCUT2D eigenvalue weighted by atomic mass is 9.99. The number of ether oxygens (including phenoxy) is 1. The third-order valence-corrected chi connectivity index (χ3v) is 3.60.